The van der Waals surface area contributed by atoms with Crippen molar-refractivity contribution in [3.05, 3.63) is 45.4 Å². The molecule has 0 spiro atoms. The zero-order valence-corrected chi connectivity index (χ0v) is 12.9. The van der Waals surface area contributed by atoms with Crippen molar-refractivity contribution in [2.45, 2.75) is 26.3 Å². The van der Waals surface area contributed by atoms with E-state index in [1.807, 2.05) is 26.0 Å². The van der Waals surface area contributed by atoms with Crippen LogP contribution in [0.3, 0.4) is 0 Å². The lowest BCUT2D eigenvalue weighted by Crippen LogP contribution is -2.40. The summed E-state index contributed by atoms with van der Waals surface area (Å²) in [5, 5.41) is 6.21. The predicted molar refractivity (Wildman–Crippen MR) is 81.0 cm³/mol. The Morgan fingerprint density at radius 3 is 2.53 bits per heavy atom. The summed E-state index contributed by atoms with van der Waals surface area (Å²) in [6, 6.07) is 8.34. The molecule has 1 unspecified atom stereocenters. The fourth-order valence-electron chi connectivity index (χ4n) is 2.03. The van der Waals surface area contributed by atoms with Gasteiger partial charge in [-0.25, -0.2) is 0 Å². The number of benzene rings is 1. The maximum Gasteiger partial charge on any atom is 0.247 e. The van der Waals surface area contributed by atoms with Gasteiger partial charge in [-0.05, 0) is 43.5 Å². The van der Waals surface area contributed by atoms with E-state index in [0.717, 1.165) is 29.6 Å². The van der Waals surface area contributed by atoms with E-state index in [1.54, 1.807) is 0 Å². The Kier molecular flexibility index (Phi) is 4.77. The Morgan fingerprint density at radius 2 is 2.00 bits per heavy atom. The van der Waals surface area contributed by atoms with Crippen LogP contribution in [0.4, 0.5) is 0 Å². The van der Waals surface area contributed by atoms with Crippen LogP contribution < -0.4 is 10.6 Å². The Labute approximate surface area is 122 Å². The molecule has 3 nitrogen and oxygen atoms in total. The second kappa shape index (κ2) is 6.35. The molecule has 1 saturated heterocycles. The fourth-order valence-corrected chi connectivity index (χ4v) is 2.30. The molecule has 0 aliphatic carbocycles. The van der Waals surface area contributed by atoms with Crippen LogP contribution in [0, 0.1) is 0 Å². The molecule has 1 atom stereocenters. The molecule has 19 heavy (non-hydrogen) atoms. The third-order valence-corrected chi connectivity index (χ3v) is 3.91. The normalized spacial score (nSPS) is 15.6. The van der Waals surface area contributed by atoms with Gasteiger partial charge < -0.3 is 10.6 Å². The predicted octanol–water partition coefficient (Wildman–Crippen LogP) is 2.42. The highest BCUT2D eigenvalue weighted by Crippen LogP contribution is 2.13. The summed E-state index contributed by atoms with van der Waals surface area (Å²) in [7, 11) is 0. The van der Waals surface area contributed by atoms with Crippen molar-refractivity contribution in [3.8, 4) is 0 Å². The molecule has 0 saturated carbocycles. The molecule has 4 heteroatoms. The third-order valence-electron chi connectivity index (χ3n) is 3.38. The minimum absolute atomic E-state index is 0.0566. The van der Waals surface area contributed by atoms with Gasteiger partial charge in [-0.2, -0.15) is 0 Å². The lowest BCUT2D eigenvalue weighted by Gasteiger charge is -2.22. The number of nitrogens with one attached hydrogen (secondary N) is 2. The average Bonchev–Trinajstić information content (AvgIpc) is 2.29. The first-order valence-corrected chi connectivity index (χ1v) is 7.30. The van der Waals surface area contributed by atoms with Crippen LogP contribution >= 0.6 is 15.9 Å². The standard InChI is InChI=1S/C15H19BrN2O/c1-10(7-12-3-5-14(16)6-4-12)18-15(19)11(2)13-8-17-9-13/h3-6,10,17H,7-9H2,1-2H3,(H,18,19). The highest BCUT2D eigenvalue weighted by atomic mass is 79.9. The molecule has 2 N–H and O–H groups in total. The molecule has 1 heterocycles. The third kappa shape index (κ3) is 3.91. The van der Waals surface area contributed by atoms with Gasteiger partial charge in [0.15, 0.2) is 0 Å². The molecule has 1 aliphatic heterocycles. The number of hydrogen-bond donors (Lipinski definition) is 2. The van der Waals surface area contributed by atoms with Crippen LogP contribution in [0.2, 0.25) is 0 Å². The van der Waals surface area contributed by atoms with Crippen LogP contribution in [0.1, 0.15) is 19.4 Å². The van der Waals surface area contributed by atoms with Crippen molar-refractivity contribution in [1.82, 2.24) is 10.6 Å². The van der Waals surface area contributed by atoms with E-state index in [-0.39, 0.29) is 11.9 Å². The molecule has 0 radical (unpaired) electrons. The number of rotatable bonds is 4. The number of carbonyl (C=O) groups excluding carboxylic acids is 1. The molecular formula is C15H19BrN2O. The van der Waals surface area contributed by atoms with Crippen LogP contribution in [0.5, 0.6) is 0 Å². The van der Waals surface area contributed by atoms with Crippen LogP contribution in [0.25, 0.3) is 0 Å². The Morgan fingerprint density at radius 1 is 1.37 bits per heavy atom. The first kappa shape index (κ1) is 14.3. The first-order chi connectivity index (χ1) is 9.06. The maximum atomic E-state index is 12.0. The Balaban J connectivity index is 1.88. The topological polar surface area (TPSA) is 41.1 Å². The van der Waals surface area contributed by atoms with Gasteiger partial charge in [-0.15, -0.1) is 0 Å². The van der Waals surface area contributed by atoms with Crippen LogP contribution in [0.15, 0.2) is 39.9 Å². The Bertz CT molecular complexity index is 487. The minimum Gasteiger partial charge on any atom is -0.350 e. The van der Waals surface area contributed by atoms with Crippen molar-refractivity contribution in [2.24, 2.45) is 0 Å². The van der Waals surface area contributed by atoms with Crippen molar-refractivity contribution in [1.29, 1.82) is 0 Å². The van der Waals surface area contributed by atoms with Gasteiger partial charge in [0.2, 0.25) is 5.91 Å². The van der Waals surface area contributed by atoms with Gasteiger partial charge in [-0.1, -0.05) is 28.1 Å². The fraction of sp³-hybridized carbons (Fsp3) is 0.400. The highest BCUT2D eigenvalue weighted by Gasteiger charge is 2.17. The lowest BCUT2D eigenvalue weighted by molar-refractivity contribution is -0.118. The van der Waals surface area contributed by atoms with E-state index in [0.29, 0.717) is 0 Å². The van der Waals surface area contributed by atoms with Crippen molar-refractivity contribution in [3.63, 3.8) is 0 Å². The molecule has 1 aromatic carbocycles. The summed E-state index contributed by atoms with van der Waals surface area (Å²) in [5.41, 5.74) is 3.31. The zero-order chi connectivity index (χ0) is 13.8. The molecule has 1 aromatic rings. The molecule has 1 aliphatic rings. The quantitative estimate of drug-likeness (QED) is 0.836. The second-order valence-electron chi connectivity index (χ2n) is 5.04. The summed E-state index contributed by atoms with van der Waals surface area (Å²) in [6.07, 6.45) is 0.847. The first-order valence-electron chi connectivity index (χ1n) is 6.51. The van der Waals surface area contributed by atoms with E-state index < -0.39 is 0 Å². The van der Waals surface area contributed by atoms with Crippen molar-refractivity contribution >= 4 is 21.8 Å². The molecule has 1 amide bonds. The van der Waals surface area contributed by atoms with Gasteiger partial charge in [0.25, 0.3) is 0 Å². The number of carbonyl (C=O) groups is 1. The van der Waals surface area contributed by atoms with E-state index in [1.165, 1.54) is 11.1 Å². The maximum absolute atomic E-state index is 12.0. The van der Waals surface area contributed by atoms with E-state index in [9.17, 15) is 4.79 Å². The number of halogens is 1. The number of hydrogen-bond acceptors (Lipinski definition) is 2. The molecule has 0 aromatic heterocycles. The highest BCUT2D eigenvalue weighted by molar-refractivity contribution is 9.10. The SMILES string of the molecule is CC(C(=O)NC(C)Cc1ccc(Br)cc1)=C1CNC1. The van der Waals surface area contributed by atoms with Gasteiger partial charge in [-0.3, -0.25) is 4.79 Å². The van der Waals surface area contributed by atoms with Gasteiger partial charge in [0, 0.05) is 29.2 Å². The van der Waals surface area contributed by atoms with Gasteiger partial charge in [0.1, 0.15) is 0 Å². The van der Waals surface area contributed by atoms with E-state index in [4.69, 9.17) is 0 Å². The lowest BCUT2D eigenvalue weighted by atomic mass is 10.0. The molecule has 1 fully saturated rings. The average molecular weight is 323 g/mol. The summed E-state index contributed by atoms with van der Waals surface area (Å²) < 4.78 is 1.07. The minimum atomic E-state index is 0.0566. The van der Waals surface area contributed by atoms with Gasteiger partial charge >= 0.3 is 0 Å². The molecular weight excluding hydrogens is 304 g/mol. The summed E-state index contributed by atoms with van der Waals surface area (Å²) >= 11 is 3.42. The largest absolute Gasteiger partial charge is 0.350 e. The van der Waals surface area contributed by atoms with Gasteiger partial charge in [0.05, 0.1) is 0 Å². The molecule has 102 valence electrons. The molecule has 0 bridgehead atoms. The summed E-state index contributed by atoms with van der Waals surface area (Å²) in [6.45, 7) is 5.63. The van der Waals surface area contributed by atoms with E-state index in [2.05, 4.69) is 38.7 Å². The van der Waals surface area contributed by atoms with E-state index >= 15 is 0 Å². The summed E-state index contributed by atoms with van der Waals surface area (Å²) in [4.78, 5) is 12.0. The van der Waals surface area contributed by atoms with Crippen molar-refractivity contribution < 1.29 is 4.79 Å². The molecule has 2 rings (SSSR count). The number of amides is 1. The smallest absolute Gasteiger partial charge is 0.247 e. The Hall–Kier alpha value is -1.13. The van der Waals surface area contributed by atoms with Crippen LogP contribution in [-0.2, 0) is 11.2 Å². The summed E-state index contributed by atoms with van der Waals surface area (Å²) in [5.74, 6) is 0.0566. The van der Waals surface area contributed by atoms with Crippen LogP contribution in [-0.4, -0.2) is 25.0 Å². The monoisotopic (exact) mass is 322 g/mol. The zero-order valence-electron chi connectivity index (χ0n) is 11.3. The van der Waals surface area contributed by atoms with Crippen molar-refractivity contribution in [2.75, 3.05) is 13.1 Å². The second-order valence-corrected chi connectivity index (χ2v) is 5.95.